The van der Waals surface area contributed by atoms with Crippen LogP contribution >= 0.6 is 0 Å². The van der Waals surface area contributed by atoms with E-state index in [9.17, 15) is 4.79 Å². The van der Waals surface area contributed by atoms with E-state index in [0.717, 1.165) is 43.9 Å². The van der Waals surface area contributed by atoms with Gasteiger partial charge in [0, 0.05) is 32.7 Å². The minimum Gasteiger partial charge on any atom is -0.379 e. The third-order valence-corrected chi connectivity index (χ3v) is 5.88. The van der Waals surface area contributed by atoms with E-state index in [2.05, 4.69) is 37.5 Å². The molecule has 0 spiro atoms. The molecule has 2 aromatic heterocycles. The molecule has 0 bridgehead atoms. The van der Waals surface area contributed by atoms with Crippen LogP contribution in [0.5, 0.6) is 0 Å². The second-order valence-electron chi connectivity index (χ2n) is 8.58. The molecule has 0 radical (unpaired) electrons. The predicted molar refractivity (Wildman–Crippen MR) is 120 cm³/mol. The smallest absolute Gasteiger partial charge is 0.322 e. The molecule has 10 nitrogen and oxygen atoms in total. The zero-order valence-corrected chi connectivity index (χ0v) is 18.4. The Morgan fingerprint density at radius 2 is 2.00 bits per heavy atom. The van der Waals surface area contributed by atoms with Crippen LogP contribution in [0.25, 0.3) is 22.6 Å². The van der Waals surface area contributed by atoms with Gasteiger partial charge in [-0.3, -0.25) is 10.00 Å². The number of benzene rings is 1. The van der Waals surface area contributed by atoms with Gasteiger partial charge in [0.1, 0.15) is 5.69 Å². The van der Waals surface area contributed by atoms with Gasteiger partial charge in [0.25, 0.3) is 0 Å². The van der Waals surface area contributed by atoms with Gasteiger partial charge in [0.05, 0.1) is 48.3 Å². The summed E-state index contributed by atoms with van der Waals surface area (Å²) in [5, 5.41) is 10.1. The Morgan fingerprint density at radius 3 is 2.78 bits per heavy atom. The summed E-state index contributed by atoms with van der Waals surface area (Å²) in [4.78, 5) is 25.1. The van der Waals surface area contributed by atoms with Crippen molar-refractivity contribution >= 4 is 22.8 Å². The first-order valence-electron chi connectivity index (χ1n) is 11.1. The van der Waals surface area contributed by atoms with Crippen LogP contribution < -0.4 is 5.32 Å². The normalized spacial score (nSPS) is 22.4. The number of fused-ring (bicyclic) bond motifs is 1. The summed E-state index contributed by atoms with van der Waals surface area (Å²) < 4.78 is 11.2. The molecule has 32 heavy (non-hydrogen) atoms. The minimum atomic E-state index is -0.168. The number of aromatic nitrogens is 4. The average molecular weight is 440 g/mol. The zero-order valence-electron chi connectivity index (χ0n) is 18.4. The van der Waals surface area contributed by atoms with E-state index < -0.39 is 0 Å². The summed E-state index contributed by atoms with van der Waals surface area (Å²) in [6.07, 6.45) is 1.63. The van der Waals surface area contributed by atoms with Gasteiger partial charge in [-0.25, -0.2) is 9.78 Å². The van der Waals surface area contributed by atoms with Crippen molar-refractivity contribution in [2.45, 2.75) is 32.6 Å². The SMILES string of the molecule is C[C@@H]1CN(C(=O)Nc2cn[nH]c2-c2nc3ccc(CN4CCOCC4)cc3[nH]2)C[C@H](C)O1. The molecule has 2 atom stereocenters. The first kappa shape index (κ1) is 20.9. The lowest BCUT2D eigenvalue weighted by atomic mass is 10.2. The Labute approximate surface area is 186 Å². The minimum absolute atomic E-state index is 0.00958. The maximum Gasteiger partial charge on any atom is 0.322 e. The van der Waals surface area contributed by atoms with E-state index in [4.69, 9.17) is 14.5 Å². The van der Waals surface area contributed by atoms with E-state index >= 15 is 0 Å². The Hall–Kier alpha value is -2.95. The number of amides is 2. The molecule has 2 aliphatic heterocycles. The maximum absolute atomic E-state index is 12.8. The Balaban J connectivity index is 1.32. The van der Waals surface area contributed by atoms with Crippen molar-refractivity contribution in [3.8, 4) is 11.5 Å². The summed E-state index contributed by atoms with van der Waals surface area (Å²) in [6, 6.07) is 6.10. The molecular formula is C22H29N7O3. The highest BCUT2D eigenvalue weighted by Gasteiger charge is 2.27. The summed E-state index contributed by atoms with van der Waals surface area (Å²) in [6.45, 7) is 9.41. The van der Waals surface area contributed by atoms with E-state index in [1.807, 2.05) is 19.9 Å². The van der Waals surface area contributed by atoms with Crippen LogP contribution in [0, 0.1) is 0 Å². The standard InChI is InChI=1S/C22H29N7O3/c1-14-11-29(12-15(2)32-14)22(30)26-19-10-23-27-20(19)21-24-17-4-3-16(9-18(17)25-21)13-28-5-7-31-8-6-28/h3-4,9-10,14-15H,5-8,11-13H2,1-2H3,(H,23,27)(H,24,25)(H,26,30)/t14-,15+. The largest absolute Gasteiger partial charge is 0.379 e. The first-order valence-corrected chi connectivity index (χ1v) is 11.1. The number of aromatic amines is 2. The number of nitrogens with zero attached hydrogens (tertiary/aromatic N) is 4. The van der Waals surface area contributed by atoms with Gasteiger partial charge in [-0.15, -0.1) is 0 Å². The fourth-order valence-corrected chi connectivity index (χ4v) is 4.39. The van der Waals surface area contributed by atoms with Crippen LogP contribution in [0.4, 0.5) is 10.5 Å². The number of carbonyl (C=O) groups excluding carboxylic acids is 1. The van der Waals surface area contributed by atoms with Crippen molar-refractivity contribution in [3.05, 3.63) is 30.0 Å². The van der Waals surface area contributed by atoms with Gasteiger partial charge in [-0.2, -0.15) is 5.10 Å². The Bertz CT molecular complexity index is 1080. The average Bonchev–Trinajstić information content (AvgIpc) is 3.40. The molecule has 4 heterocycles. The molecule has 0 saturated carbocycles. The number of H-pyrrole nitrogens is 2. The highest BCUT2D eigenvalue weighted by atomic mass is 16.5. The van der Waals surface area contributed by atoms with Gasteiger partial charge in [-0.1, -0.05) is 6.07 Å². The predicted octanol–water partition coefficient (Wildman–Crippen LogP) is 2.43. The number of carbonyl (C=O) groups is 1. The second kappa shape index (κ2) is 8.89. The van der Waals surface area contributed by atoms with Crippen molar-refractivity contribution < 1.29 is 14.3 Å². The van der Waals surface area contributed by atoms with Crippen LogP contribution in [0.1, 0.15) is 19.4 Å². The molecule has 5 rings (SSSR count). The molecule has 3 N–H and O–H groups in total. The topological polar surface area (TPSA) is 111 Å². The lowest BCUT2D eigenvalue weighted by Gasteiger charge is -2.35. The van der Waals surface area contributed by atoms with Crippen molar-refractivity contribution in [3.63, 3.8) is 0 Å². The third kappa shape index (κ3) is 4.47. The third-order valence-electron chi connectivity index (χ3n) is 5.88. The summed E-state index contributed by atoms with van der Waals surface area (Å²) in [7, 11) is 0. The van der Waals surface area contributed by atoms with Gasteiger partial charge >= 0.3 is 6.03 Å². The maximum atomic E-state index is 12.8. The number of imidazole rings is 1. The molecule has 2 amide bonds. The molecule has 2 aliphatic rings. The molecule has 2 saturated heterocycles. The van der Waals surface area contributed by atoms with Crippen molar-refractivity contribution in [2.24, 2.45) is 0 Å². The fraction of sp³-hybridized carbons (Fsp3) is 0.500. The van der Waals surface area contributed by atoms with Gasteiger partial charge in [0.15, 0.2) is 5.82 Å². The number of morpholine rings is 2. The molecule has 2 fully saturated rings. The van der Waals surface area contributed by atoms with E-state index in [1.54, 1.807) is 11.1 Å². The van der Waals surface area contributed by atoms with Gasteiger partial charge in [-0.05, 0) is 31.5 Å². The van der Waals surface area contributed by atoms with E-state index in [-0.39, 0.29) is 18.2 Å². The van der Waals surface area contributed by atoms with E-state index in [0.29, 0.717) is 30.3 Å². The number of ether oxygens (including phenoxy) is 2. The van der Waals surface area contributed by atoms with Crippen LogP contribution in [0.3, 0.4) is 0 Å². The van der Waals surface area contributed by atoms with E-state index in [1.165, 1.54) is 5.56 Å². The molecular weight excluding hydrogens is 410 g/mol. The summed E-state index contributed by atoms with van der Waals surface area (Å²) in [5.41, 5.74) is 4.29. The molecule has 0 aliphatic carbocycles. The Morgan fingerprint density at radius 1 is 1.22 bits per heavy atom. The number of hydrogen-bond donors (Lipinski definition) is 3. The monoisotopic (exact) mass is 439 g/mol. The van der Waals surface area contributed by atoms with Crippen LogP contribution in [-0.4, -0.2) is 87.6 Å². The number of anilines is 1. The summed E-state index contributed by atoms with van der Waals surface area (Å²) >= 11 is 0. The fourth-order valence-electron chi connectivity index (χ4n) is 4.39. The second-order valence-corrected chi connectivity index (χ2v) is 8.58. The highest BCUT2D eigenvalue weighted by molar-refractivity contribution is 5.93. The summed E-state index contributed by atoms with van der Waals surface area (Å²) in [5.74, 6) is 0.639. The van der Waals surface area contributed by atoms with Crippen molar-refractivity contribution in [1.82, 2.24) is 30.0 Å². The van der Waals surface area contributed by atoms with Crippen LogP contribution in [0.15, 0.2) is 24.4 Å². The highest BCUT2D eigenvalue weighted by Crippen LogP contribution is 2.26. The lowest BCUT2D eigenvalue weighted by Crippen LogP contribution is -2.49. The zero-order chi connectivity index (χ0) is 22.1. The molecule has 0 unspecified atom stereocenters. The van der Waals surface area contributed by atoms with Crippen LogP contribution in [-0.2, 0) is 16.0 Å². The van der Waals surface area contributed by atoms with Gasteiger partial charge < -0.3 is 24.7 Å². The molecule has 3 aromatic rings. The number of hydrogen-bond acceptors (Lipinski definition) is 6. The van der Waals surface area contributed by atoms with Crippen molar-refractivity contribution in [1.29, 1.82) is 0 Å². The lowest BCUT2D eigenvalue weighted by molar-refractivity contribution is -0.0530. The molecule has 10 heteroatoms. The molecule has 170 valence electrons. The quantitative estimate of drug-likeness (QED) is 0.576. The van der Waals surface area contributed by atoms with Gasteiger partial charge in [0.2, 0.25) is 0 Å². The number of rotatable bonds is 4. The Kier molecular flexibility index (Phi) is 5.81. The first-order chi connectivity index (χ1) is 15.5. The van der Waals surface area contributed by atoms with Crippen molar-refractivity contribution in [2.75, 3.05) is 44.7 Å². The number of nitrogens with one attached hydrogen (secondary N) is 3. The number of urea groups is 1. The molecule has 1 aromatic carbocycles. The van der Waals surface area contributed by atoms with Crippen LogP contribution in [0.2, 0.25) is 0 Å².